The molecule has 2 unspecified atom stereocenters. The zero-order valence-corrected chi connectivity index (χ0v) is 68.0. The van der Waals surface area contributed by atoms with E-state index in [2.05, 4.69) is 41.5 Å². The molecule has 19 heteroatoms. The van der Waals surface area contributed by atoms with Crippen LogP contribution in [0.5, 0.6) is 0 Å². The Morgan fingerprint density at radius 3 is 0.673 bits per heavy atom. The van der Waals surface area contributed by atoms with Gasteiger partial charge in [-0.25, -0.2) is 9.13 Å². The van der Waals surface area contributed by atoms with Crippen LogP contribution in [0, 0.1) is 11.8 Å². The largest absolute Gasteiger partial charge is 0.472 e. The summed E-state index contributed by atoms with van der Waals surface area (Å²) in [6, 6.07) is 0. The molecule has 0 heterocycles. The highest BCUT2D eigenvalue weighted by molar-refractivity contribution is 7.47. The SMILES string of the molecule is CCCCCCCCCCCCCCCCCCCCCCCCC(=O)O[C@H](COC(=O)CCCCCCCCCCCCCCCCCCC(C)C)COP(=O)(O)OC[C@@H](O)COP(=O)(O)OC[C@@H](COC(=O)CCCCCCC)OC(=O)CCCCCCCCCCCCCCC(C)C. The molecule has 17 nitrogen and oxygen atoms in total. The second-order valence-corrected chi connectivity index (χ2v) is 33.4. The highest BCUT2D eigenvalue weighted by atomic mass is 31.2. The third-order valence-corrected chi connectivity index (χ3v) is 21.1. The Morgan fingerprint density at radius 2 is 0.455 bits per heavy atom. The molecule has 0 spiro atoms. The summed E-state index contributed by atoms with van der Waals surface area (Å²) < 4.78 is 68.5. The highest BCUT2D eigenvalue weighted by Crippen LogP contribution is 2.45. The molecular weight excluding hydrogens is 1320 g/mol. The molecule has 3 N–H and O–H groups in total. The topological polar surface area (TPSA) is 237 Å². The lowest BCUT2D eigenvalue weighted by Gasteiger charge is -2.21. The molecule has 0 bridgehead atoms. The van der Waals surface area contributed by atoms with Crippen LogP contribution in [-0.4, -0.2) is 96.7 Å². The van der Waals surface area contributed by atoms with E-state index in [1.54, 1.807) is 0 Å². The molecule has 0 aromatic heterocycles. The van der Waals surface area contributed by atoms with Crippen molar-refractivity contribution >= 4 is 39.5 Å². The van der Waals surface area contributed by atoms with Crippen molar-refractivity contribution in [1.29, 1.82) is 0 Å². The first-order chi connectivity index (χ1) is 48.9. The van der Waals surface area contributed by atoms with Gasteiger partial charge in [-0.15, -0.1) is 0 Å². The lowest BCUT2D eigenvalue weighted by atomic mass is 10.0. The van der Waals surface area contributed by atoms with Crippen molar-refractivity contribution in [3.05, 3.63) is 0 Å². The minimum absolute atomic E-state index is 0.106. The average molecular weight is 1480 g/mol. The van der Waals surface area contributed by atoms with E-state index in [4.69, 9.17) is 37.0 Å². The summed E-state index contributed by atoms with van der Waals surface area (Å²) in [6.07, 6.45) is 64.4. The molecule has 0 aromatic carbocycles. The maximum Gasteiger partial charge on any atom is 0.472 e. The van der Waals surface area contributed by atoms with Gasteiger partial charge in [0, 0.05) is 25.7 Å². The first-order valence-corrected chi connectivity index (χ1v) is 45.5. The quantitative estimate of drug-likeness (QED) is 0.0222. The van der Waals surface area contributed by atoms with E-state index in [1.165, 1.54) is 244 Å². The van der Waals surface area contributed by atoms with E-state index in [-0.39, 0.29) is 25.7 Å². The molecule has 0 amide bonds. The number of phosphoric acid groups is 2. The van der Waals surface area contributed by atoms with Gasteiger partial charge >= 0.3 is 39.5 Å². The summed E-state index contributed by atoms with van der Waals surface area (Å²) in [7, 11) is -9.91. The Bertz CT molecular complexity index is 1940. The van der Waals surface area contributed by atoms with Crippen LogP contribution in [0.2, 0.25) is 0 Å². The summed E-state index contributed by atoms with van der Waals surface area (Å²) in [5, 5.41) is 10.6. The summed E-state index contributed by atoms with van der Waals surface area (Å²) in [4.78, 5) is 72.7. The van der Waals surface area contributed by atoms with E-state index in [0.29, 0.717) is 25.7 Å². The second kappa shape index (κ2) is 73.6. The number of hydrogen-bond donors (Lipinski definition) is 3. The second-order valence-electron chi connectivity index (χ2n) is 30.5. The average Bonchev–Trinajstić information content (AvgIpc) is 0.957. The number of aliphatic hydroxyl groups is 1. The van der Waals surface area contributed by atoms with Gasteiger partial charge in [-0.3, -0.25) is 37.3 Å². The highest BCUT2D eigenvalue weighted by Gasteiger charge is 2.30. The molecule has 0 aliphatic heterocycles. The molecule has 0 radical (unpaired) electrons. The van der Waals surface area contributed by atoms with E-state index in [0.717, 1.165) is 108 Å². The van der Waals surface area contributed by atoms with Gasteiger partial charge in [0.1, 0.15) is 19.3 Å². The van der Waals surface area contributed by atoms with Crippen LogP contribution >= 0.6 is 15.6 Å². The zero-order valence-electron chi connectivity index (χ0n) is 66.2. The van der Waals surface area contributed by atoms with Crippen molar-refractivity contribution in [3.63, 3.8) is 0 Å². The van der Waals surface area contributed by atoms with Gasteiger partial charge in [-0.05, 0) is 37.5 Å². The summed E-state index contributed by atoms with van der Waals surface area (Å²) in [5.74, 6) is -0.531. The fourth-order valence-corrected chi connectivity index (χ4v) is 14.3. The third-order valence-electron chi connectivity index (χ3n) is 19.2. The van der Waals surface area contributed by atoms with Crippen molar-refractivity contribution in [3.8, 4) is 0 Å². The van der Waals surface area contributed by atoms with Gasteiger partial charge in [0.15, 0.2) is 12.2 Å². The molecule has 0 saturated carbocycles. The smallest absolute Gasteiger partial charge is 0.462 e. The van der Waals surface area contributed by atoms with Crippen molar-refractivity contribution in [1.82, 2.24) is 0 Å². The number of phosphoric ester groups is 2. The van der Waals surface area contributed by atoms with Gasteiger partial charge < -0.3 is 33.8 Å². The van der Waals surface area contributed by atoms with Crippen LogP contribution < -0.4 is 0 Å². The van der Waals surface area contributed by atoms with Crippen molar-refractivity contribution in [2.45, 2.75) is 452 Å². The number of carbonyl (C=O) groups excluding carboxylic acids is 4. The molecule has 101 heavy (non-hydrogen) atoms. The van der Waals surface area contributed by atoms with Gasteiger partial charge in [0.25, 0.3) is 0 Å². The summed E-state index contributed by atoms with van der Waals surface area (Å²) >= 11 is 0. The number of carbonyl (C=O) groups is 4. The first-order valence-electron chi connectivity index (χ1n) is 42.5. The maximum atomic E-state index is 13.1. The van der Waals surface area contributed by atoms with Crippen LogP contribution in [-0.2, 0) is 65.4 Å². The Morgan fingerprint density at radius 1 is 0.267 bits per heavy atom. The minimum Gasteiger partial charge on any atom is -0.462 e. The summed E-state index contributed by atoms with van der Waals surface area (Å²) in [6.45, 7) is 9.58. The van der Waals surface area contributed by atoms with Gasteiger partial charge in [-0.1, -0.05) is 382 Å². The van der Waals surface area contributed by atoms with E-state index in [9.17, 15) is 43.2 Å². The van der Waals surface area contributed by atoms with Crippen LogP contribution in [0.25, 0.3) is 0 Å². The van der Waals surface area contributed by atoms with Crippen molar-refractivity contribution in [2.75, 3.05) is 39.6 Å². The van der Waals surface area contributed by atoms with E-state index < -0.39 is 97.5 Å². The molecule has 0 fully saturated rings. The number of rotatable bonds is 81. The van der Waals surface area contributed by atoms with Gasteiger partial charge in [-0.2, -0.15) is 0 Å². The molecule has 0 aliphatic rings. The fraction of sp³-hybridized carbons (Fsp3) is 0.951. The Balaban J connectivity index is 5.11. The molecule has 0 rings (SSSR count). The monoisotopic (exact) mass is 1480 g/mol. The fourth-order valence-electron chi connectivity index (χ4n) is 12.7. The van der Waals surface area contributed by atoms with Crippen LogP contribution in [0.1, 0.15) is 433 Å². The molecule has 0 aromatic rings. The lowest BCUT2D eigenvalue weighted by molar-refractivity contribution is -0.161. The van der Waals surface area contributed by atoms with Crippen LogP contribution in [0.15, 0.2) is 0 Å². The Kier molecular flexibility index (Phi) is 72.2. The normalized spacial score (nSPS) is 13.9. The van der Waals surface area contributed by atoms with Gasteiger partial charge in [0.05, 0.1) is 26.4 Å². The Hall–Kier alpha value is -1.94. The van der Waals surface area contributed by atoms with Crippen molar-refractivity contribution < 1.29 is 80.2 Å². The maximum absolute atomic E-state index is 13.1. The van der Waals surface area contributed by atoms with Gasteiger partial charge in [0.2, 0.25) is 0 Å². The predicted molar refractivity (Wildman–Crippen MR) is 414 cm³/mol. The molecule has 600 valence electrons. The number of hydrogen-bond acceptors (Lipinski definition) is 15. The van der Waals surface area contributed by atoms with Crippen LogP contribution in [0.3, 0.4) is 0 Å². The number of aliphatic hydroxyl groups excluding tert-OH is 1. The van der Waals surface area contributed by atoms with Crippen molar-refractivity contribution in [2.24, 2.45) is 11.8 Å². The van der Waals surface area contributed by atoms with E-state index in [1.807, 2.05) is 0 Å². The number of unbranched alkanes of at least 4 members (excludes halogenated alkanes) is 51. The van der Waals surface area contributed by atoms with Crippen LogP contribution in [0.4, 0.5) is 0 Å². The molecule has 5 atom stereocenters. The zero-order chi connectivity index (χ0) is 74.2. The summed E-state index contributed by atoms with van der Waals surface area (Å²) in [5.41, 5.74) is 0. The molecule has 0 saturated heterocycles. The number of esters is 4. The number of ether oxygens (including phenoxy) is 4. The first kappa shape index (κ1) is 99.1. The minimum atomic E-state index is -4.96. The molecular formula is C82H160O17P2. The lowest BCUT2D eigenvalue weighted by Crippen LogP contribution is -2.30. The predicted octanol–water partition coefficient (Wildman–Crippen LogP) is 24.7. The Labute approximate surface area is 619 Å². The van der Waals surface area contributed by atoms with E-state index >= 15 is 0 Å². The molecule has 0 aliphatic carbocycles. The third kappa shape index (κ3) is 76.1. The standard InChI is InChI=1S/C82H160O17P2/c1-7-9-11-13-14-15-16-17-18-19-20-21-22-23-24-29-32-38-43-48-54-60-67-82(87)99-78(71-93-80(85)65-59-53-47-42-37-31-28-26-25-27-30-35-40-45-51-56-62-74(3)4)73-97-101(90,91)95-69-76(83)68-94-100(88,89)96-72-77(70-92-79(84)64-58-50-12-10-8-2)98-81(86)66-61-55-49-44-39-34-33-36-41-46-52-57-63-75(5)6/h74-78,83H,7-73H2,1-6H3,(H,88,89)(H,90,91)/t76-,77+,78+/m0/s1.